The van der Waals surface area contributed by atoms with Crippen molar-refractivity contribution in [2.24, 2.45) is 0 Å². The van der Waals surface area contributed by atoms with Crippen LogP contribution in [0.3, 0.4) is 0 Å². The van der Waals surface area contributed by atoms with E-state index >= 15 is 0 Å². The lowest BCUT2D eigenvalue weighted by atomic mass is 9.86. The summed E-state index contributed by atoms with van der Waals surface area (Å²) in [5.74, 6) is 0.376. The van der Waals surface area contributed by atoms with E-state index in [1.54, 1.807) is 0 Å². The van der Waals surface area contributed by atoms with Gasteiger partial charge in [-0.25, -0.2) is 17.7 Å². The number of piperidine rings is 1. The number of fused-ring (bicyclic) bond motifs is 3. The molecule has 3 N–H and O–H groups in total. The van der Waals surface area contributed by atoms with E-state index in [4.69, 9.17) is 5.73 Å². The van der Waals surface area contributed by atoms with Gasteiger partial charge in [0.25, 0.3) is 0 Å². The Hall–Kier alpha value is -2.23. The minimum absolute atomic E-state index is 0.317. The molecule has 1 aromatic carbocycles. The third-order valence-corrected chi connectivity index (χ3v) is 6.94. The quantitative estimate of drug-likeness (QED) is 0.683. The zero-order chi connectivity index (χ0) is 20.1. The van der Waals surface area contributed by atoms with Gasteiger partial charge in [-0.05, 0) is 25.8 Å². The van der Waals surface area contributed by atoms with Crippen molar-refractivity contribution in [1.82, 2.24) is 19.1 Å². The first kappa shape index (κ1) is 19.1. The molecule has 1 fully saturated rings. The summed E-state index contributed by atoms with van der Waals surface area (Å²) >= 11 is 0. The van der Waals surface area contributed by atoms with Gasteiger partial charge in [-0.2, -0.15) is 5.10 Å². The summed E-state index contributed by atoms with van der Waals surface area (Å²) in [5, 5.41) is 17.8. The van der Waals surface area contributed by atoms with Gasteiger partial charge in [-0.3, -0.25) is 4.68 Å². The van der Waals surface area contributed by atoms with Crippen molar-refractivity contribution < 1.29 is 13.5 Å². The third-order valence-electron chi connectivity index (χ3n) is 5.63. The molecule has 4 rings (SSSR count). The Morgan fingerprint density at radius 2 is 1.93 bits per heavy atom. The summed E-state index contributed by atoms with van der Waals surface area (Å²) in [5.41, 5.74) is 7.54. The van der Waals surface area contributed by atoms with Crippen molar-refractivity contribution in [3.63, 3.8) is 0 Å². The number of aliphatic hydroxyl groups is 1. The smallest absolute Gasteiger partial charge is 0.211 e. The Bertz CT molecular complexity index is 1150. The van der Waals surface area contributed by atoms with Gasteiger partial charge < -0.3 is 10.8 Å². The van der Waals surface area contributed by atoms with E-state index in [1.807, 2.05) is 35.9 Å². The predicted octanol–water partition coefficient (Wildman–Crippen LogP) is 1.52. The van der Waals surface area contributed by atoms with Crippen LogP contribution in [-0.2, 0) is 23.0 Å². The van der Waals surface area contributed by atoms with Gasteiger partial charge in [0.15, 0.2) is 5.82 Å². The Balaban J connectivity index is 1.78. The molecule has 0 aliphatic carbocycles. The Morgan fingerprint density at radius 1 is 1.25 bits per heavy atom. The highest BCUT2D eigenvalue weighted by Gasteiger charge is 2.37. The first-order valence-corrected chi connectivity index (χ1v) is 11.3. The Labute approximate surface area is 164 Å². The first-order chi connectivity index (χ1) is 13.2. The highest BCUT2D eigenvalue weighted by molar-refractivity contribution is 7.88. The number of nitrogen functional groups attached to an aromatic ring is 1. The molecule has 1 aliphatic heterocycles. The van der Waals surface area contributed by atoms with E-state index in [0.717, 1.165) is 22.0 Å². The van der Waals surface area contributed by atoms with Crippen molar-refractivity contribution in [2.75, 3.05) is 25.1 Å². The van der Waals surface area contributed by atoms with E-state index in [0.29, 0.717) is 50.2 Å². The maximum absolute atomic E-state index is 11.8. The zero-order valence-corrected chi connectivity index (χ0v) is 16.9. The topological polar surface area (TPSA) is 114 Å². The van der Waals surface area contributed by atoms with Crippen LogP contribution in [0.2, 0.25) is 0 Å². The van der Waals surface area contributed by atoms with Gasteiger partial charge in [0, 0.05) is 42.5 Å². The number of sulfonamides is 1. The first-order valence-electron chi connectivity index (χ1n) is 9.43. The molecule has 0 spiro atoms. The van der Waals surface area contributed by atoms with Crippen molar-refractivity contribution >= 4 is 37.6 Å². The van der Waals surface area contributed by atoms with Crippen molar-refractivity contribution in [3.8, 4) is 0 Å². The lowest BCUT2D eigenvalue weighted by Crippen LogP contribution is -2.47. The number of hydrogen-bond donors (Lipinski definition) is 2. The lowest BCUT2D eigenvalue weighted by molar-refractivity contribution is -0.00560. The van der Waals surface area contributed by atoms with Crippen LogP contribution >= 0.6 is 0 Å². The van der Waals surface area contributed by atoms with Gasteiger partial charge in [0.1, 0.15) is 5.52 Å². The molecular formula is C19H25N5O3S. The largest absolute Gasteiger partial charge is 0.389 e. The predicted molar refractivity (Wildman–Crippen MR) is 109 cm³/mol. The number of rotatable bonds is 4. The minimum atomic E-state index is -3.24. The molecule has 0 atom stereocenters. The summed E-state index contributed by atoms with van der Waals surface area (Å²) in [6, 6.07) is 7.77. The second-order valence-corrected chi connectivity index (χ2v) is 9.55. The lowest BCUT2D eigenvalue weighted by Gasteiger charge is -2.37. The van der Waals surface area contributed by atoms with Gasteiger partial charge in [0.2, 0.25) is 10.0 Å². The maximum Gasteiger partial charge on any atom is 0.211 e. The highest BCUT2D eigenvalue weighted by Crippen LogP contribution is 2.35. The molecule has 3 aromatic rings. The molecule has 1 saturated heterocycles. The van der Waals surface area contributed by atoms with E-state index < -0.39 is 15.6 Å². The second kappa shape index (κ2) is 6.68. The second-order valence-electron chi connectivity index (χ2n) is 7.56. The van der Waals surface area contributed by atoms with Crippen molar-refractivity contribution in [1.29, 1.82) is 0 Å². The van der Waals surface area contributed by atoms with Crippen LogP contribution in [-0.4, -0.2) is 57.5 Å². The van der Waals surface area contributed by atoms with Gasteiger partial charge in [-0.15, -0.1) is 0 Å². The molecule has 150 valence electrons. The van der Waals surface area contributed by atoms with Crippen LogP contribution in [0.1, 0.15) is 25.5 Å². The Kier molecular flexibility index (Phi) is 4.56. The molecule has 8 nitrogen and oxygen atoms in total. The molecule has 9 heteroatoms. The third kappa shape index (κ3) is 3.23. The van der Waals surface area contributed by atoms with Crippen LogP contribution < -0.4 is 5.73 Å². The van der Waals surface area contributed by atoms with E-state index in [-0.39, 0.29) is 0 Å². The fraction of sp³-hybridized carbons (Fsp3) is 0.474. The number of anilines is 1. The fourth-order valence-corrected chi connectivity index (χ4v) is 4.93. The molecule has 0 amide bonds. The number of pyridine rings is 1. The molecule has 28 heavy (non-hydrogen) atoms. The van der Waals surface area contributed by atoms with E-state index in [9.17, 15) is 13.5 Å². The summed E-state index contributed by atoms with van der Waals surface area (Å²) in [6.07, 6.45) is 2.37. The number of aryl methyl sites for hydroxylation is 1. The number of aromatic nitrogens is 3. The minimum Gasteiger partial charge on any atom is -0.389 e. The SMILES string of the molecule is CCn1nc2c(N)nc3ccccc3c2c1CC1(O)CCN(S(C)(=O)=O)CC1. The van der Waals surface area contributed by atoms with E-state index in [2.05, 4.69) is 10.1 Å². The molecular weight excluding hydrogens is 378 g/mol. The molecule has 0 radical (unpaired) electrons. The van der Waals surface area contributed by atoms with Crippen LogP contribution in [0.4, 0.5) is 5.82 Å². The molecule has 3 heterocycles. The average molecular weight is 404 g/mol. The Morgan fingerprint density at radius 3 is 2.57 bits per heavy atom. The van der Waals surface area contributed by atoms with E-state index in [1.165, 1.54) is 10.6 Å². The molecule has 0 saturated carbocycles. The van der Waals surface area contributed by atoms with Gasteiger partial charge in [-0.1, -0.05) is 18.2 Å². The standard InChI is InChI=1S/C19H25N5O3S/c1-3-24-15(12-19(25)8-10-23(11-9-19)28(2,26)27)16-13-6-4-5-7-14(13)21-18(20)17(16)22-24/h4-7,25H,3,8-12H2,1-2H3,(H2,20,21). The maximum atomic E-state index is 11.8. The molecule has 0 bridgehead atoms. The van der Waals surface area contributed by atoms with Gasteiger partial charge in [0.05, 0.1) is 17.4 Å². The number of nitrogens with zero attached hydrogens (tertiary/aromatic N) is 4. The van der Waals surface area contributed by atoms with Crippen LogP contribution in [0.5, 0.6) is 0 Å². The molecule has 2 aromatic heterocycles. The summed E-state index contributed by atoms with van der Waals surface area (Å²) in [4.78, 5) is 4.46. The average Bonchev–Trinajstić information content (AvgIpc) is 3.00. The molecule has 0 unspecified atom stereocenters. The van der Waals surface area contributed by atoms with Crippen molar-refractivity contribution in [2.45, 2.75) is 38.3 Å². The van der Waals surface area contributed by atoms with Crippen LogP contribution in [0, 0.1) is 0 Å². The molecule has 1 aliphatic rings. The zero-order valence-electron chi connectivity index (χ0n) is 16.1. The van der Waals surface area contributed by atoms with Gasteiger partial charge >= 0.3 is 0 Å². The fourth-order valence-electron chi connectivity index (χ4n) is 4.09. The highest BCUT2D eigenvalue weighted by atomic mass is 32.2. The monoisotopic (exact) mass is 403 g/mol. The summed E-state index contributed by atoms with van der Waals surface area (Å²) < 4.78 is 26.9. The van der Waals surface area contributed by atoms with Crippen LogP contribution in [0.15, 0.2) is 24.3 Å². The summed E-state index contributed by atoms with van der Waals surface area (Å²) in [7, 11) is -3.24. The number of benzene rings is 1. The van der Waals surface area contributed by atoms with Crippen molar-refractivity contribution in [3.05, 3.63) is 30.0 Å². The number of hydrogen-bond acceptors (Lipinski definition) is 6. The number of para-hydroxylation sites is 1. The summed E-state index contributed by atoms with van der Waals surface area (Å²) in [6.45, 7) is 3.27. The van der Waals surface area contributed by atoms with Crippen LogP contribution in [0.25, 0.3) is 21.8 Å². The number of nitrogens with two attached hydrogens (primary N) is 1. The normalized spacial score (nSPS) is 18.1.